The van der Waals surface area contributed by atoms with Crippen LogP contribution in [-0.2, 0) is 63.5 Å². The molecule has 0 bridgehead atoms. The molecule has 0 spiro atoms. The summed E-state index contributed by atoms with van der Waals surface area (Å²) < 4.78 is 78.3. The molecular formula is C88H110N12O10S. The molecule has 0 radical (unpaired) electrons. The first kappa shape index (κ1) is 80.8. The number of nitrogens with one attached hydrogen (secondary N) is 1. The van der Waals surface area contributed by atoms with E-state index in [0.29, 0.717) is 39.6 Å². The van der Waals surface area contributed by atoms with Crippen LogP contribution in [0.25, 0.3) is 33.1 Å². The maximum Gasteiger partial charge on any atom is 0.242 e. The molecule has 3 aromatic heterocycles. The normalized spacial score (nSPS) is 15.4. The molecule has 111 heavy (non-hydrogen) atoms. The van der Waals surface area contributed by atoms with Gasteiger partial charge < -0.3 is 56.9 Å². The predicted molar refractivity (Wildman–Crippen MR) is 441 cm³/mol. The molecular weight excluding hydrogens is 1420 g/mol. The lowest BCUT2D eigenvalue weighted by atomic mass is 9.91. The monoisotopic (exact) mass is 1530 g/mol. The van der Waals surface area contributed by atoms with Crippen molar-refractivity contribution >= 4 is 60.2 Å². The van der Waals surface area contributed by atoms with Crippen LogP contribution >= 0.6 is 0 Å². The molecule has 23 heteroatoms. The van der Waals surface area contributed by atoms with Crippen molar-refractivity contribution in [1.29, 1.82) is 0 Å². The topological polar surface area (TPSA) is 199 Å². The molecule has 1 N–H and O–H groups in total. The van der Waals surface area contributed by atoms with Gasteiger partial charge in [0.05, 0.1) is 135 Å². The van der Waals surface area contributed by atoms with Crippen LogP contribution < -0.4 is 29.0 Å². The maximum atomic E-state index is 12.5. The average molecular weight is 1530 g/mol. The Labute approximate surface area is 654 Å². The minimum atomic E-state index is -3.50. The lowest BCUT2D eigenvalue weighted by Gasteiger charge is -2.26. The molecule has 15 rings (SSSR count). The summed E-state index contributed by atoms with van der Waals surface area (Å²) in [6, 6.07) is 60.2. The van der Waals surface area contributed by atoms with Crippen LogP contribution in [0.15, 0.2) is 192 Å². The number of ether oxygens (including phenoxy) is 8. The summed E-state index contributed by atoms with van der Waals surface area (Å²) in [5, 5.41) is 3.45. The summed E-state index contributed by atoms with van der Waals surface area (Å²) in [6.07, 6.45) is 5.93. The lowest BCUT2D eigenvalue weighted by Crippen LogP contribution is -2.36. The number of aryl methyl sites for hydroxylation is 2. The lowest BCUT2D eigenvalue weighted by molar-refractivity contribution is 0.0325. The van der Waals surface area contributed by atoms with E-state index in [1.807, 2.05) is 84.9 Å². The zero-order chi connectivity index (χ0) is 77.3. The highest BCUT2D eigenvalue weighted by Gasteiger charge is 2.30. The van der Waals surface area contributed by atoms with Gasteiger partial charge in [0, 0.05) is 65.1 Å². The van der Waals surface area contributed by atoms with Crippen LogP contribution in [0.2, 0.25) is 0 Å². The molecule has 0 aliphatic carbocycles. The molecule has 22 nitrogen and oxygen atoms in total. The van der Waals surface area contributed by atoms with Crippen molar-refractivity contribution in [3.63, 3.8) is 0 Å². The molecule has 1 unspecified atom stereocenters. The summed E-state index contributed by atoms with van der Waals surface area (Å²) in [4.78, 5) is 27.1. The molecule has 7 heterocycles. The number of likely N-dealkylation sites (tertiary alicyclic amines) is 1. The van der Waals surface area contributed by atoms with Gasteiger partial charge in [0.25, 0.3) is 0 Å². The Hall–Kier alpha value is -9.69. The third kappa shape index (κ3) is 21.7. The Kier molecular flexibility index (Phi) is 29.5. The number of imidazole rings is 3. The number of para-hydroxylation sites is 9. The quantitative estimate of drug-likeness (QED) is 0.0417. The number of aliphatic imine (C=N–C) groups is 1. The highest BCUT2D eigenvalue weighted by atomic mass is 32.2. The van der Waals surface area contributed by atoms with Crippen molar-refractivity contribution in [3.05, 3.63) is 222 Å². The number of methoxy groups -OCH3 is 2. The standard InChI is InChI=1S/C23H31N3O4S.C23H29N3O.C21H25N3O3.C21H25N3O2/c1-5-8-18-19-12-11-17(31(27,28)26(2)3)15-21(19)25-22(18)16-24-20-9-6-7-10-23(20)30-14-13-29-4;1-18-9-8-12-22(19(18)2)27-16-15-26-21-11-5-4-10-20(21)24-23(26)17-25-13-6-3-7-14-25;1-25-17-5-4-6-18(15-17)27-14-11-24-20-8-3-2-7-19(20)22-21(24)16-23-9-12-26-13-10-23;1-17-6-2-5-9-20(17)26-15-12-24-19-8-4-3-7-18(19)22-21(24)16-23-10-13-25-14-11-23/h6-7,9-12,15,18,24H,5,8,13-14,16H2,1-4H3;4-5,8-12H,3,6-7,13-17H2,1-2H3;2-8,15H,9-14,16H2,1H3;2-9H,10-16H2,1H3. The van der Waals surface area contributed by atoms with Gasteiger partial charge in [-0.05, 0) is 160 Å². The van der Waals surface area contributed by atoms with Crippen LogP contribution in [0.4, 0.5) is 11.4 Å². The number of piperidine rings is 1. The van der Waals surface area contributed by atoms with E-state index in [2.05, 4.69) is 146 Å². The second kappa shape index (κ2) is 40.5. The highest BCUT2D eigenvalue weighted by Crippen LogP contribution is 2.40. The number of fused-ring (bicyclic) bond motifs is 4. The predicted octanol–water partition coefficient (Wildman–Crippen LogP) is 15.0. The first-order chi connectivity index (χ1) is 54.2. The second-order valence-corrected chi connectivity index (χ2v) is 30.6. The van der Waals surface area contributed by atoms with Gasteiger partial charge in [-0.2, -0.15) is 0 Å². The van der Waals surface area contributed by atoms with Gasteiger partial charge in [0.1, 0.15) is 72.6 Å². The fraction of sp³-hybridized carbons (Fsp3) is 0.409. The first-order valence-corrected chi connectivity index (χ1v) is 40.6. The van der Waals surface area contributed by atoms with E-state index < -0.39 is 10.0 Å². The number of benzene rings is 8. The van der Waals surface area contributed by atoms with Gasteiger partial charge in [-0.25, -0.2) is 27.7 Å². The third-order valence-electron chi connectivity index (χ3n) is 20.7. The van der Waals surface area contributed by atoms with Gasteiger partial charge >= 0.3 is 0 Å². The number of aromatic nitrogens is 6. The third-order valence-corrected chi connectivity index (χ3v) is 22.5. The number of hydrogen-bond acceptors (Lipinski definition) is 18. The van der Waals surface area contributed by atoms with Crippen molar-refractivity contribution < 1.29 is 46.3 Å². The van der Waals surface area contributed by atoms with Gasteiger partial charge in [0.15, 0.2) is 0 Å². The molecule has 8 aromatic carbocycles. The van der Waals surface area contributed by atoms with E-state index in [9.17, 15) is 8.42 Å². The smallest absolute Gasteiger partial charge is 0.242 e. The average Bonchev–Trinajstić information content (AvgIpc) is 1.69. The summed E-state index contributed by atoms with van der Waals surface area (Å²) in [5.74, 6) is 7.81. The Balaban J connectivity index is 0.000000138. The number of sulfonamides is 1. The molecule has 4 aliphatic rings. The van der Waals surface area contributed by atoms with Crippen molar-refractivity contribution in [2.24, 2.45) is 4.99 Å². The van der Waals surface area contributed by atoms with Crippen LogP contribution in [0, 0.1) is 20.8 Å². The number of morpholine rings is 2. The Morgan fingerprint density at radius 3 is 1.54 bits per heavy atom. The molecule has 3 saturated heterocycles. The molecule has 11 aromatic rings. The van der Waals surface area contributed by atoms with E-state index in [0.717, 1.165) is 201 Å². The van der Waals surface area contributed by atoms with E-state index in [4.69, 9.17) is 57.8 Å². The summed E-state index contributed by atoms with van der Waals surface area (Å²) in [7, 11) is 2.88. The molecule has 3 fully saturated rings. The summed E-state index contributed by atoms with van der Waals surface area (Å²) >= 11 is 0. The Morgan fingerprint density at radius 2 is 0.982 bits per heavy atom. The largest absolute Gasteiger partial charge is 0.497 e. The molecule has 0 amide bonds. The van der Waals surface area contributed by atoms with Crippen molar-refractivity contribution in [2.45, 2.75) is 110 Å². The van der Waals surface area contributed by atoms with E-state index in [1.54, 1.807) is 26.4 Å². The highest BCUT2D eigenvalue weighted by molar-refractivity contribution is 7.89. The SMILES string of the molecule is CCCC1C(CNc2ccccc2OCCOC)=Nc2cc(S(=O)(=O)N(C)C)ccc21.COc1cccc(OCCn2c(CN3CCOCC3)nc3ccccc32)c1.Cc1cccc(OCCn2c(CN3CCCCC3)nc3ccccc32)c1C.Cc1ccccc1OCCn1c(CN2CCOCC2)nc2ccccc21. The number of anilines is 1. The fourth-order valence-electron chi connectivity index (χ4n) is 14.4. The summed E-state index contributed by atoms with van der Waals surface area (Å²) in [6.45, 7) is 26.2. The van der Waals surface area contributed by atoms with Crippen LogP contribution in [0.5, 0.6) is 28.7 Å². The van der Waals surface area contributed by atoms with Gasteiger partial charge in [-0.1, -0.05) is 111 Å². The van der Waals surface area contributed by atoms with E-state index in [-0.39, 0.29) is 10.8 Å². The molecule has 1 atom stereocenters. The van der Waals surface area contributed by atoms with Crippen LogP contribution in [0.1, 0.15) is 84.7 Å². The number of rotatable bonds is 30. The first-order valence-electron chi connectivity index (χ1n) is 39.1. The summed E-state index contributed by atoms with van der Waals surface area (Å²) in [5.41, 5.74) is 14.1. The van der Waals surface area contributed by atoms with Crippen LogP contribution in [0.3, 0.4) is 0 Å². The fourth-order valence-corrected chi connectivity index (χ4v) is 15.3. The van der Waals surface area contributed by atoms with Crippen molar-refractivity contribution in [3.8, 4) is 28.7 Å². The second-order valence-electron chi connectivity index (χ2n) is 28.5. The zero-order valence-electron chi connectivity index (χ0n) is 65.9. The van der Waals surface area contributed by atoms with E-state index in [1.165, 1.54) is 72.9 Å². The molecule has 588 valence electrons. The van der Waals surface area contributed by atoms with E-state index >= 15 is 0 Å². The minimum Gasteiger partial charge on any atom is -0.497 e. The molecule has 4 aliphatic heterocycles. The van der Waals surface area contributed by atoms with Crippen LogP contribution in [-0.4, -0.2) is 195 Å². The van der Waals surface area contributed by atoms with Gasteiger partial charge in [-0.15, -0.1) is 0 Å². The number of hydrogen-bond donors (Lipinski definition) is 1. The number of nitrogens with zero attached hydrogens (tertiary/aromatic N) is 11. The van der Waals surface area contributed by atoms with Crippen molar-refractivity contribution in [2.75, 3.05) is 139 Å². The van der Waals surface area contributed by atoms with Crippen molar-refractivity contribution in [1.82, 2.24) is 47.7 Å². The zero-order valence-corrected chi connectivity index (χ0v) is 66.7. The Morgan fingerprint density at radius 1 is 0.495 bits per heavy atom. The maximum absolute atomic E-state index is 12.5. The minimum absolute atomic E-state index is 0.171. The van der Waals surface area contributed by atoms with Gasteiger partial charge in [-0.3, -0.25) is 19.7 Å². The van der Waals surface area contributed by atoms with Gasteiger partial charge in [0.2, 0.25) is 10.0 Å². The Bertz CT molecular complexity index is 4920. The molecule has 0 saturated carbocycles.